The number of epoxide rings is 1. The van der Waals surface area contributed by atoms with Crippen LogP contribution in [0.3, 0.4) is 0 Å². The van der Waals surface area contributed by atoms with Crippen LogP contribution < -0.4 is 12.4 Å². The van der Waals surface area contributed by atoms with Gasteiger partial charge in [-0.05, 0) is 38.5 Å². The van der Waals surface area contributed by atoms with E-state index >= 15 is 0 Å². The fraction of sp³-hybridized carbons (Fsp3) is 1.00. The van der Waals surface area contributed by atoms with Crippen LogP contribution in [0.5, 0.6) is 0 Å². The first kappa shape index (κ1) is 30.2. The fourth-order valence-corrected chi connectivity index (χ4v) is 5.17. The van der Waals surface area contributed by atoms with E-state index < -0.39 is 0 Å². The number of unbranched alkanes of at least 4 members (excludes halogenated alkanes) is 13. The number of ether oxygens (including phenoxy) is 1. The normalized spacial score (nSPS) is 18.4. The molecule has 0 amide bonds. The number of hydrogen-bond donors (Lipinski definition) is 0. The number of hydrogen-bond acceptors (Lipinski definition) is 1. The topological polar surface area (TPSA) is 12.5 Å². The van der Waals surface area contributed by atoms with Crippen molar-refractivity contribution in [1.82, 2.24) is 0 Å². The Morgan fingerprint density at radius 2 is 0.933 bits per heavy atom. The lowest BCUT2D eigenvalue weighted by molar-refractivity contribution is -0.948. The van der Waals surface area contributed by atoms with E-state index in [1.165, 1.54) is 140 Å². The van der Waals surface area contributed by atoms with Crippen molar-refractivity contribution >= 4 is 0 Å². The molecule has 3 heteroatoms. The quantitative estimate of drug-likeness (QED) is 0.119. The smallest absolute Gasteiger partial charge is 0.220 e. The Morgan fingerprint density at radius 3 is 1.40 bits per heavy atom. The van der Waals surface area contributed by atoms with Crippen LogP contribution >= 0.6 is 0 Å². The first-order chi connectivity index (χ1) is 14.2. The summed E-state index contributed by atoms with van der Waals surface area (Å²) in [5.41, 5.74) is 0. The lowest BCUT2D eigenvalue weighted by Crippen LogP contribution is -3.00. The highest BCUT2D eigenvalue weighted by Crippen LogP contribution is 2.37. The molecule has 0 aromatic rings. The summed E-state index contributed by atoms with van der Waals surface area (Å²) >= 11 is 0. The van der Waals surface area contributed by atoms with Crippen LogP contribution in [0.25, 0.3) is 0 Å². The molecule has 1 heterocycles. The van der Waals surface area contributed by atoms with Crippen molar-refractivity contribution in [3.63, 3.8) is 0 Å². The zero-order valence-electron chi connectivity index (χ0n) is 21.2. The van der Waals surface area contributed by atoms with Crippen LogP contribution in [0.2, 0.25) is 0 Å². The lowest BCUT2D eigenvalue weighted by atomic mass is 10.1. The monoisotopic (exact) mass is 445 g/mol. The molecule has 1 rings (SSSR count). The maximum atomic E-state index is 6.38. The van der Waals surface area contributed by atoms with Crippen molar-refractivity contribution in [3.8, 4) is 0 Å². The number of rotatable bonds is 22. The van der Waals surface area contributed by atoms with E-state index in [9.17, 15) is 0 Å². The van der Waals surface area contributed by atoms with Crippen LogP contribution in [0.4, 0.5) is 0 Å². The highest BCUT2D eigenvalue weighted by atomic mass is 35.5. The summed E-state index contributed by atoms with van der Waals surface area (Å²) in [6.45, 7) is 13.4. The minimum absolute atomic E-state index is 0. The SMILES string of the molecule is CCCCCCCC[N+](CCC)(CCCCCCCC)C1OC1CCCCCC.[Cl-]. The minimum atomic E-state index is 0. The van der Waals surface area contributed by atoms with Crippen LogP contribution in [0.1, 0.15) is 143 Å². The molecule has 0 N–H and O–H groups in total. The summed E-state index contributed by atoms with van der Waals surface area (Å²) in [4.78, 5) is 0. The van der Waals surface area contributed by atoms with Crippen LogP contribution in [-0.2, 0) is 4.74 Å². The average molecular weight is 446 g/mol. The first-order valence-corrected chi connectivity index (χ1v) is 13.7. The van der Waals surface area contributed by atoms with Gasteiger partial charge in [0.2, 0.25) is 6.23 Å². The van der Waals surface area contributed by atoms with Gasteiger partial charge in [0, 0.05) is 0 Å². The summed E-state index contributed by atoms with van der Waals surface area (Å²) in [5, 5.41) is 0. The van der Waals surface area contributed by atoms with E-state index in [0.717, 1.165) is 0 Å². The van der Waals surface area contributed by atoms with Gasteiger partial charge in [0.15, 0.2) is 0 Å². The average Bonchev–Trinajstić information content (AvgIpc) is 3.50. The lowest BCUT2D eigenvalue weighted by Gasteiger charge is -2.38. The highest BCUT2D eigenvalue weighted by Gasteiger charge is 2.53. The second-order valence-corrected chi connectivity index (χ2v) is 9.84. The van der Waals surface area contributed by atoms with Gasteiger partial charge < -0.3 is 17.1 Å². The predicted molar refractivity (Wildman–Crippen MR) is 129 cm³/mol. The summed E-state index contributed by atoms with van der Waals surface area (Å²) in [6.07, 6.45) is 26.1. The molecule has 2 unspecified atom stereocenters. The molecular weight excluding hydrogens is 390 g/mol. The number of nitrogens with zero attached hydrogens (tertiary/aromatic N) is 1. The molecule has 182 valence electrons. The zero-order chi connectivity index (χ0) is 21.2. The van der Waals surface area contributed by atoms with Gasteiger partial charge in [0.25, 0.3) is 0 Å². The first-order valence-electron chi connectivity index (χ1n) is 13.7. The van der Waals surface area contributed by atoms with Crippen molar-refractivity contribution in [2.75, 3.05) is 19.6 Å². The molecule has 0 spiro atoms. The van der Waals surface area contributed by atoms with Gasteiger partial charge in [0.1, 0.15) is 6.10 Å². The van der Waals surface area contributed by atoms with Crippen molar-refractivity contribution in [1.29, 1.82) is 0 Å². The van der Waals surface area contributed by atoms with Crippen LogP contribution in [0, 0.1) is 0 Å². The van der Waals surface area contributed by atoms with E-state index in [4.69, 9.17) is 4.74 Å². The molecule has 0 radical (unpaired) electrons. The fourth-order valence-electron chi connectivity index (χ4n) is 5.17. The van der Waals surface area contributed by atoms with E-state index in [2.05, 4.69) is 27.7 Å². The van der Waals surface area contributed by atoms with Crippen LogP contribution in [-0.4, -0.2) is 36.4 Å². The van der Waals surface area contributed by atoms with Crippen molar-refractivity contribution < 1.29 is 21.6 Å². The molecule has 1 saturated heterocycles. The Hall–Kier alpha value is 0.210. The van der Waals surface area contributed by atoms with Gasteiger partial charge in [0.05, 0.1) is 19.6 Å². The molecule has 0 saturated carbocycles. The molecule has 2 nitrogen and oxygen atoms in total. The van der Waals surface area contributed by atoms with Crippen molar-refractivity contribution in [2.45, 2.75) is 156 Å². The van der Waals surface area contributed by atoms with Crippen molar-refractivity contribution in [2.24, 2.45) is 0 Å². The molecule has 1 aliphatic heterocycles. The Kier molecular flexibility index (Phi) is 20.0. The summed E-state index contributed by atoms with van der Waals surface area (Å²) in [5.74, 6) is 0. The van der Waals surface area contributed by atoms with Gasteiger partial charge >= 0.3 is 0 Å². The maximum Gasteiger partial charge on any atom is 0.220 e. The third kappa shape index (κ3) is 12.9. The summed E-state index contributed by atoms with van der Waals surface area (Å²) in [7, 11) is 0. The largest absolute Gasteiger partial charge is 1.00 e. The molecule has 30 heavy (non-hydrogen) atoms. The predicted octanol–water partition coefficient (Wildman–Crippen LogP) is 5.63. The van der Waals surface area contributed by atoms with Gasteiger partial charge in [-0.1, -0.05) is 105 Å². The molecule has 2 atom stereocenters. The zero-order valence-corrected chi connectivity index (χ0v) is 22.0. The van der Waals surface area contributed by atoms with E-state index in [0.29, 0.717) is 12.3 Å². The highest BCUT2D eigenvalue weighted by molar-refractivity contribution is 4.79. The molecule has 0 aromatic carbocycles. The van der Waals surface area contributed by atoms with E-state index in [1.807, 2.05) is 0 Å². The van der Waals surface area contributed by atoms with Crippen LogP contribution in [0.15, 0.2) is 0 Å². The Morgan fingerprint density at radius 1 is 0.500 bits per heavy atom. The van der Waals surface area contributed by atoms with Gasteiger partial charge in [-0.3, -0.25) is 4.48 Å². The third-order valence-electron chi connectivity index (χ3n) is 7.02. The number of halogens is 1. The molecule has 0 bridgehead atoms. The summed E-state index contributed by atoms with van der Waals surface area (Å²) in [6, 6.07) is 0. The second-order valence-electron chi connectivity index (χ2n) is 9.84. The Bertz CT molecular complexity index is 347. The van der Waals surface area contributed by atoms with Gasteiger partial charge in [-0.2, -0.15) is 0 Å². The standard InChI is InChI=1S/C27H56NO.ClH/c1-5-9-12-15-17-20-24-28(23-8-4,25-21-18-16-13-10-6-2)27-26(29-27)22-19-14-11-7-3;/h26-27H,5-25H2,1-4H3;1H/q+1;/p-1. The molecule has 0 aromatic heterocycles. The maximum absolute atomic E-state index is 6.38. The number of quaternary nitrogens is 1. The molecule has 1 fully saturated rings. The molecule has 0 aliphatic carbocycles. The second kappa shape index (κ2) is 19.9. The Labute approximate surface area is 196 Å². The minimum Gasteiger partial charge on any atom is -1.00 e. The van der Waals surface area contributed by atoms with E-state index in [-0.39, 0.29) is 12.4 Å². The van der Waals surface area contributed by atoms with Crippen molar-refractivity contribution in [3.05, 3.63) is 0 Å². The molecule has 1 aliphatic rings. The summed E-state index contributed by atoms with van der Waals surface area (Å²) < 4.78 is 7.67. The Balaban J connectivity index is 0.00000841. The third-order valence-corrected chi connectivity index (χ3v) is 7.02. The van der Waals surface area contributed by atoms with Gasteiger partial charge in [-0.25, -0.2) is 0 Å². The van der Waals surface area contributed by atoms with E-state index in [1.54, 1.807) is 0 Å². The van der Waals surface area contributed by atoms with Gasteiger partial charge in [-0.15, -0.1) is 0 Å². The molecular formula is C27H56ClNO.